The number of amides is 1. The monoisotopic (exact) mass is 460 g/mol. The quantitative estimate of drug-likeness (QED) is 0.429. The molecule has 0 atom stereocenters. The topological polar surface area (TPSA) is 109 Å². The van der Waals surface area contributed by atoms with E-state index in [0.29, 0.717) is 23.6 Å². The molecule has 0 spiro atoms. The van der Waals surface area contributed by atoms with Gasteiger partial charge in [0.2, 0.25) is 0 Å². The second kappa shape index (κ2) is 9.26. The smallest absolute Gasteiger partial charge is 0.267 e. The highest BCUT2D eigenvalue weighted by atomic mass is 16.3. The predicted molar refractivity (Wildman–Crippen MR) is 128 cm³/mol. The third-order valence-corrected chi connectivity index (χ3v) is 6.43. The molecule has 1 fully saturated rings. The highest BCUT2D eigenvalue weighted by molar-refractivity contribution is 5.96. The number of hydrogen-bond donors (Lipinski definition) is 2. The number of nitrogens with one attached hydrogen (secondary N) is 2. The number of aryl methyl sites for hydroxylation is 1. The van der Waals surface area contributed by atoms with Gasteiger partial charge in [-0.1, -0.05) is 12.5 Å². The molecule has 5 rings (SSSR count). The van der Waals surface area contributed by atoms with Gasteiger partial charge in [-0.15, -0.1) is 0 Å². The van der Waals surface area contributed by atoms with E-state index >= 15 is 0 Å². The number of carbonyl (C=O) groups excluding carboxylic acids is 1. The van der Waals surface area contributed by atoms with E-state index in [1.165, 1.54) is 29.7 Å². The van der Waals surface area contributed by atoms with Crippen molar-refractivity contribution in [1.29, 1.82) is 5.41 Å². The summed E-state index contributed by atoms with van der Waals surface area (Å²) in [5.74, 6) is 0.236. The number of likely N-dealkylation sites (tertiary alicyclic amines) is 1. The van der Waals surface area contributed by atoms with Crippen LogP contribution in [-0.2, 0) is 6.54 Å². The maximum Gasteiger partial charge on any atom is 0.267 e. The minimum atomic E-state index is -0.370. The Morgan fingerprint density at radius 3 is 2.76 bits per heavy atom. The zero-order chi connectivity index (χ0) is 23.7. The molecule has 1 saturated heterocycles. The molecule has 4 aromatic rings. The molecule has 0 radical (unpaired) electrons. The summed E-state index contributed by atoms with van der Waals surface area (Å²) in [7, 11) is 0. The van der Waals surface area contributed by atoms with E-state index in [-0.39, 0.29) is 34.4 Å². The van der Waals surface area contributed by atoms with Gasteiger partial charge < -0.3 is 19.2 Å². The highest BCUT2D eigenvalue weighted by Gasteiger charge is 2.19. The van der Waals surface area contributed by atoms with Crippen LogP contribution in [0.15, 0.2) is 52.0 Å². The van der Waals surface area contributed by atoms with Crippen LogP contribution in [0.4, 0.5) is 0 Å². The number of aromatic nitrogens is 3. The Morgan fingerprint density at radius 1 is 1.18 bits per heavy atom. The van der Waals surface area contributed by atoms with Gasteiger partial charge in [-0.25, -0.2) is 4.98 Å². The lowest BCUT2D eigenvalue weighted by molar-refractivity contribution is 0.0944. The van der Waals surface area contributed by atoms with Crippen LogP contribution >= 0.6 is 0 Å². The van der Waals surface area contributed by atoms with Crippen LogP contribution in [0.2, 0.25) is 0 Å². The number of rotatable bonds is 6. The van der Waals surface area contributed by atoms with Crippen LogP contribution < -0.4 is 16.4 Å². The highest BCUT2D eigenvalue weighted by Crippen LogP contribution is 2.14. The average Bonchev–Trinajstić information content (AvgIpc) is 3.36. The van der Waals surface area contributed by atoms with Gasteiger partial charge in [0.25, 0.3) is 11.5 Å². The van der Waals surface area contributed by atoms with Crippen molar-refractivity contribution in [1.82, 2.24) is 24.2 Å². The van der Waals surface area contributed by atoms with Gasteiger partial charge >= 0.3 is 0 Å². The maximum absolute atomic E-state index is 13.4. The van der Waals surface area contributed by atoms with E-state index < -0.39 is 0 Å². The van der Waals surface area contributed by atoms with E-state index in [9.17, 15) is 9.59 Å². The molecular formula is C25H28N6O3. The van der Waals surface area contributed by atoms with Gasteiger partial charge in [-0.2, -0.15) is 0 Å². The molecule has 0 aliphatic carbocycles. The molecule has 4 aromatic heterocycles. The predicted octanol–water partition coefficient (Wildman–Crippen LogP) is 2.29. The molecule has 176 valence electrons. The third-order valence-electron chi connectivity index (χ3n) is 6.43. The number of pyridine rings is 2. The van der Waals surface area contributed by atoms with Crippen molar-refractivity contribution >= 4 is 22.6 Å². The van der Waals surface area contributed by atoms with Crippen LogP contribution in [-0.4, -0.2) is 50.9 Å². The van der Waals surface area contributed by atoms with Crippen LogP contribution in [0, 0.1) is 12.3 Å². The molecular weight excluding hydrogens is 432 g/mol. The summed E-state index contributed by atoms with van der Waals surface area (Å²) in [6, 6.07) is 8.73. The first-order chi connectivity index (χ1) is 16.5. The normalized spacial score (nSPS) is 14.6. The van der Waals surface area contributed by atoms with Gasteiger partial charge in [0.15, 0.2) is 0 Å². The zero-order valence-corrected chi connectivity index (χ0v) is 19.2. The van der Waals surface area contributed by atoms with Crippen molar-refractivity contribution in [2.75, 3.05) is 26.2 Å². The lowest BCUT2D eigenvalue weighted by atomic mass is 10.1. The first-order valence-electron chi connectivity index (χ1n) is 11.7. The standard InChI is InChI=1S/C25H28N6O3/c1-17-7-5-12-30-22(17)28-23-20(25(30)33)15-19(21(26)31(23)16-18-8-6-14-34-18)24(32)27-9-13-29-10-3-2-4-11-29/h5-8,12,14-15,26H,2-4,9-11,13,16H2,1H3,(H,27,32). The SMILES string of the molecule is Cc1cccn2c(=O)c3cc(C(=O)NCCN4CCCCC4)c(=N)n(Cc4ccco4)c3nc12. The van der Waals surface area contributed by atoms with E-state index in [1.807, 2.05) is 13.0 Å². The van der Waals surface area contributed by atoms with Crippen molar-refractivity contribution in [2.45, 2.75) is 32.7 Å². The number of fused-ring (bicyclic) bond motifs is 2. The van der Waals surface area contributed by atoms with Gasteiger partial charge in [0, 0.05) is 19.3 Å². The number of piperidine rings is 1. The first-order valence-corrected chi connectivity index (χ1v) is 11.7. The van der Waals surface area contributed by atoms with Crippen molar-refractivity contribution in [3.63, 3.8) is 0 Å². The van der Waals surface area contributed by atoms with E-state index in [4.69, 9.17) is 14.8 Å². The van der Waals surface area contributed by atoms with Crippen LogP contribution in [0.5, 0.6) is 0 Å². The second-order valence-corrected chi connectivity index (χ2v) is 8.77. The molecule has 9 nitrogen and oxygen atoms in total. The third kappa shape index (κ3) is 4.14. The fraction of sp³-hybridized carbons (Fsp3) is 0.360. The molecule has 1 aliphatic rings. The van der Waals surface area contributed by atoms with Crippen LogP contribution in [0.1, 0.15) is 40.9 Å². The molecule has 0 unspecified atom stereocenters. The zero-order valence-electron chi connectivity index (χ0n) is 19.2. The molecule has 0 aromatic carbocycles. The molecule has 5 heterocycles. The van der Waals surface area contributed by atoms with Crippen LogP contribution in [0.25, 0.3) is 16.7 Å². The van der Waals surface area contributed by atoms with E-state index in [1.54, 1.807) is 35.2 Å². The van der Waals surface area contributed by atoms with E-state index in [2.05, 4.69) is 10.2 Å². The molecule has 34 heavy (non-hydrogen) atoms. The number of nitrogens with zero attached hydrogens (tertiary/aromatic N) is 4. The maximum atomic E-state index is 13.4. The summed E-state index contributed by atoms with van der Waals surface area (Å²) in [6.45, 7) is 5.43. The Balaban J connectivity index is 1.57. The van der Waals surface area contributed by atoms with Crippen molar-refractivity contribution in [3.05, 3.63) is 75.5 Å². The molecule has 0 saturated carbocycles. The summed E-state index contributed by atoms with van der Waals surface area (Å²) in [5.41, 5.74) is 1.57. The Hall–Kier alpha value is -3.72. The Bertz CT molecular complexity index is 1460. The fourth-order valence-electron chi connectivity index (χ4n) is 4.59. The number of carbonyl (C=O) groups is 1. The lowest BCUT2D eigenvalue weighted by Crippen LogP contribution is -2.40. The summed E-state index contributed by atoms with van der Waals surface area (Å²) in [5, 5.41) is 12.0. The molecule has 9 heteroatoms. The largest absolute Gasteiger partial charge is 0.467 e. The summed E-state index contributed by atoms with van der Waals surface area (Å²) >= 11 is 0. The Morgan fingerprint density at radius 2 is 2.00 bits per heavy atom. The number of hydrogen-bond acceptors (Lipinski definition) is 6. The van der Waals surface area contributed by atoms with Crippen molar-refractivity contribution in [2.24, 2.45) is 0 Å². The van der Waals surface area contributed by atoms with Gasteiger partial charge in [0.05, 0.1) is 23.8 Å². The molecule has 1 aliphatic heterocycles. The van der Waals surface area contributed by atoms with Gasteiger partial charge in [-0.05, 0) is 62.7 Å². The lowest BCUT2D eigenvalue weighted by Gasteiger charge is -2.26. The van der Waals surface area contributed by atoms with Gasteiger partial charge in [-0.3, -0.25) is 19.4 Å². The summed E-state index contributed by atoms with van der Waals surface area (Å²) in [4.78, 5) is 33.6. The van der Waals surface area contributed by atoms with E-state index in [0.717, 1.165) is 25.2 Å². The van der Waals surface area contributed by atoms with Crippen molar-refractivity contribution in [3.8, 4) is 0 Å². The minimum absolute atomic E-state index is 0.00999. The minimum Gasteiger partial charge on any atom is -0.467 e. The Kier molecular flexibility index (Phi) is 6.02. The fourth-order valence-corrected chi connectivity index (χ4v) is 4.59. The molecule has 0 bridgehead atoms. The summed E-state index contributed by atoms with van der Waals surface area (Å²) < 4.78 is 8.55. The summed E-state index contributed by atoms with van der Waals surface area (Å²) in [6.07, 6.45) is 6.86. The van der Waals surface area contributed by atoms with Crippen molar-refractivity contribution < 1.29 is 9.21 Å². The molecule has 1 amide bonds. The van der Waals surface area contributed by atoms with Gasteiger partial charge in [0.1, 0.15) is 22.5 Å². The van der Waals surface area contributed by atoms with Crippen LogP contribution in [0.3, 0.4) is 0 Å². The first kappa shape index (κ1) is 22.1. The Labute approximate surface area is 196 Å². The average molecular weight is 461 g/mol. The number of furan rings is 1. The molecule has 2 N–H and O–H groups in total. The second-order valence-electron chi connectivity index (χ2n) is 8.77.